The van der Waals surface area contributed by atoms with E-state index in [1.54, 1.807) is 12.1 Å². The molecule has 2 aromatic rings. The molecule has 5 heteroatoms. The number of nitrogens with zero attached hydrogens (tertiary/aromatic N) is 3. The van der Waals surface area contributed by atoms with Gasteiger partial charge in [-0.25, -0.2) is 0 Å². The van der Waals surface area contributed by atoms with Gasteiger partial charge >= 0.3 is 0 Å². The van der Waals surface area contributed by atoms with Gasteiger partial charge in [-0.3, -0.25) is 4.90 Å². The minimum atomic E-state index is 0.335. The van der Waals surface area contributed by atoms with Crippen molar-refractivity contribution in [3.8, 4) is 5.75 Å². The molecular weight excluding hydrogens is 302 g/mol. The molecule has 0 radical (unpaired) electrons. The van der Waals surface area contributed by atoms with Gasteiger partial charge in [0, 0.05) is 12.0 Å². The summed E-state index contributed by atoms with van der Waals surface area (Å²) >= 11 is 0. The number of phenolic OH excluding ortho intramolecular Hbond substituents is 1. The molecule has 0 bridgehead atoms. The monoisotopic (exact) mass is 327 g/mol. The largest absolute Gasteiger partial charge is 0.508 e. The minimum absolute atomic E-state index is 0.335. The van der Waals surface area contributed by atoms with E-state index in [0.29, 0.717) is 17.7 Å². The molecule has 2 fully saturated rings. The van der Waals surface area contributed by atoms with Gasteiger partial charge in [0.1, 0.15) is 5.75 Å². The molecule has 5 nitrogen and oxygen atoms in total. The summed E-state index contributed by atoms with van der Waals surface area (Å²) in [6, 6.07) is 8.16. The first-order valence-corrected chi connectivity index (χ1v) is 9.12. The maximum absolute atomic E-state index is 9.39. The first-order valence-electron chi connectivity index (χ1n) is 9.12. The smallest absolute Gasteiger partial charge is 0.229 e. The molecule has 2 heterocycles. The molecule has 1 saturated carbocycles. The third-order valence-corrected chi connectivity index (χ3v) is 5.21. The molecule has 24 heavy (non-hydrogen) atoms. The lowest BCUT2D eigenvalue weighted by Crippen LogP contribution is -2.39. The number of benzene rings is 1. The Morgan fingerprint density at radius 1 is 1.12 bits per heavy atom. The molecule has 1 atom stereocenters. The van der Waals surface area contributed by atoms with Crippen molar-refractivity contribution in [2.45, 2.75) is 63.5 Å². The molecule has 128 valence electrons. The Bertz CT molecular complexity index is 664. The zero-order valence-corrected chi connectivity index (χ0v) is 14.0. The predicted octanol–water partition coefficient (Wildman–Crippen LogP) is 3.64. The van der Waals surface area contributed by atoms with Crippen molar-refractivity contribution in [2.24, 2.45) is 0 Å². The number of rotatable bonds is 6. The molecule has 1 N–H and O–H groups in total. The average Bonchev–Trinajstić information content (AvgIpc) is 3.35. The normalized spacial score (nSPS) is 21.9. The summed E-state index contributed by atoms with van der Waals surface area (Å²) in [5, 5.41) is 13.6. The zero-order chi connectivity index (χ0) is 16.4. The lowest BCUT2D eigenvalue weighted by atomic mass is 9.96. The third kappa shape index (κ3) is 3.78. The summed E-state index contributed by atoms with van der Waals surface area (Å²) in [7, 11) is 0. The molecule has 1 aromatic carbocycles. The van der Waals surface area contributed by atoms with E-state index in [4.69, 9.17) is 4.52 Å². The second-order valence-electron chi connectivity index (χ2n) is 7.15. The van der Waals surface area contributed by atoms with E-state index >= 15 is 0 Å². The molecule has 0 amide bonds. The van der Waals surface area contributed by atoms with Crippen LogP contribution in [0.2, 0.25) is 0 Å². The van der Waals surface area contributed by atoms with Crippen molar-refractivity contribution in [3.05, 3.63) is 41.5 Å². The second-order valence-corrected chi connectivity index (χ2v) is 7.15. The van der Waals surface area contributed by atoms with Crippen molar-refractivity contribution < 1.29 is 9.63 Å². The van der Waals surface area contributed by atoms with Gasteiger partial charge in [-0.2, -0.15) is 4.98 Å². The van der Waals surface area contributed by atoms with Crippen LogP contribution in [-0.2, 0) is 13.0 Å². The van der Waals surface area contributed by atoms with Crippen molar-refractivity contribution in [1.82, 2.24) is 15.0 Å². The number of aromatic nitrogens is 2. The standard InChI is InChI=1S/C19H25N3O2/c23-17-10-5-14(6-11-17)4-9-16-3-1-2-12-22(16)13-18-20-19(24-21-18)15-7-8-15/h5-6,10-11,15-16,23H,1-4,7-9,12-13H2. The molecule has 2 aliphatic rings. The fourth-order valence-electron chi connectivity index (χ4n) is 3.60. The van der Waals surface area contributed by atoms with Crippen molar-refractivity contribution in [2.75, 3.05) is 6.54 Å². The summed E-state index contributed by atoms with van der Waals surface area (Å²) in [6.07, 6.45) is 8.37. The van der Waals surface area contributed by atoms with Crippen molar-refractivity contribution in [3.63, 3.8) is 0 Å². The molecule has 0 spiro atoms. The number of piperidine rings is 1. The van der Waals surface area contributed by atoms with Gasteiger partial charge in [-0.05, 0) is 62.8 Å². The van der Waals surface area contributed by atoms with E-state index in [1.165, 1.54) is 37.7 Å². The first-order chi connectivity index (χ1) is 11.8. The number of hydrogen-bond donors (Lipinski definition) is 1. The molecule has 1 saturated heterocycles. The van der Waals surface area contributed by atoms with Gasteiger partial charge in [0.2, 0.25) is 5.89 Å². The number of likely N-dealkylation sites (tertiary alicyclic amines) is 1. The van der Waals surface area contributed by atoms with Crippen LogP contribution in [0.5, 0.6) is 5.75 Å². The molecule has 1 unspecified atom stereocenters. The van der Waals surface area contributed by atoms with Crippen LogP contribution in [0.3, 0.4) is 0 Å². The fraction of sp³-hybridized carbons (Fsp3) is 0.579. The highest BCUT2D eigenvalue weighted by atomic mass is 16.5. The topological polar surface area (TPSA) is 62.4 Å². The molecule has 4 rings (SSSR count). The summed E-state index contributed by atoms with van der Waals surface area (Å²) in [5.74, 6) is 2.54. The molecular formula is C19H25N3O2. The summed E-state index contributed by atoms with van der Waals surface area (Å²) in [4.78, 5) is 7.10. The van der Waals surface area contributed by atoms with Gasteiger partial charge in [0.05, 0.1) is 6.54 Å². The SMILES string of the molecule is Oc1ccc(CCC2CCCCN2Cc2noc(C3CC3)n2)cc1. The van der Waals surface area contributed by atoms with Crippen LogP contribution in [0, 0.1) is 0 Å². The van der Waals surface area contributed by atoms with Crippen LogP contribution < -0.4 is 0 Å². The highest BCUT2D eigenvalue weighted by molar-refractivity contribution is 5.26. The molecule has 1 aliphatic heterocycles. The van der Waals surface area contributed by atoms with Crippen molar-refractivity contribution >= 4 is 0 Å². The number of aryl methyl sites for hydroxylation is 1. The quantitative estimate of drug-likeness (QED) is 0.877. The second kappa shape index (κ2) is 6.93. The number of hydrogen-bond acceptors (Lipinski definition) is 5. The highest BCUT2D eigenvalue weighted by Crippen LogP contribution is 2.39. The van der Waals surface area contributed by atoms with Gasteiger partial charge in [-0.15, -0.1) is 0 Å². The van der Waals surface area contributed by atoms with Crippen LogP contribution in [0.25, 0.3) is 0 Å². The Morgan fingerprint density at radius 2 is 1.96 bits per heavy atom. The Kier molecular flexibility index (Phi) is 4.52. The molecule has 1 aromatic heterocycles. The summed E-state index contributed by atoms with van der Waals surface area (Å²) < 4.78 is 5.39. The Morgan fingerprint density at radius 3 is 2.75 bits per heavy atom. The van der Waals surface area contributed by atoms with E-state index in [9.17, 15) is 5.11 Å². The van der Waals surface area contributed by atoms with Gasteiger partial charge in [0.15, 0.2) is 5.82 Å². The minimum Gasteiger partial charge on any atom is -0.508 e. The summed E-state index contributed by atoms with van der Waals surface area (Å²) in [5.41, 5.74) is 1.29. The van der Waals surface area contributed by atoms with Crippen LogP contribution in [-0.4, -0.2) is 32.7 Å². The van der Waals surface area contributed by atoms with Crippen LogP contribution in [0.4, 0.5) is 0 Å². The van der Waals surface area contributed by atoms with E-state index < -0.39 is 0 Å². The Hall–Kier alpha value is -1.88. The first kappa shape index (κ1) is 15.6. The predicted molar refractivity (Wildman–Crippen MR) is 90.7 cm³/mol. The fourth-order valence-corrected chi connectivity index (χ4v) is 3.60. The van der Waals surface area contributed by atoms with Gasteiger partial charge in [-0.1, -0.05) is 23.7 Å². The van der Waals surface area contributed by atoms with E-state index in [-0.39, 0.29) is 0 Å². The van der Waals surface area contributed by atoms with Crippen molar-refractivity contribution in [1.29, 1.82) is 0 Å². The van der Waals surface area contributed by atoms with E-state index in [1.807, 2.05) is 12.1 Å². The van der Waals surface area contributed by atoms with Crippen LogP contribution in [0.1, 0.15) is 61.7 Å². The van der Waals surface area contributed by atoms with E-state index in [0.717, 1.165) is 37.6 Å². The maximum Gasteiger partial charge on any atom is 0.229 e. The Labute approximate surface area is 142 Å². The number of aromatic hydroxyl groups is 1. The average molecular weight is 327 g/mol. The van der Waals surface area contributed by atoms with E-state index in [2.05, 4.69) is 15.0 Å². The highest BCUT2D eigenvalue weighted by Gasteiger charge is 2.30. The van der Waals surface area contributed by atoms with Gasteiger partial charge < -0.3 is 9.63 Å². The molecule has 1 aliphatic carbocycles. The maximum atomic E-state index is 9.39. The third-order valence-electron chi connectivity index (χ3n) is 5.21. The lowest BCUT2D eigenvalue weighted by Gasteiger charge is -2.35. The van der Waals surface area contributed by atoms with Crippen LogP contribution >= 0.6 is 0 Å². The summed E-state index contributed by atoms with van der Waals surface area (Å²) in [6.45, 7) is 1.92. The Balaban J connectivity index is 1.35. The zero-order valence-electron chi connectivity index (χ0n) is 14.0. The van der Waals surface area contributed by atoms with Crippen LogP contribution in [0.15, 0.2) is 28.8 Å². The lowest BCUT2D eigenvalue weighted by molar-refractivity contribution is 0.128. The number of phenols is 1. The van der Waals surface area contributed by atoms with Gasteiger partial charge in [0.25, 0.3) is 0 Å².